The van der Waals surface area contributed by atoms with Crippen LogP contribution in [0.1, 0.15) is 37.6 Å². The van der Waals surface area contributed by atoms with Crippen LogP contribution < -0.4 is 5.32 Å². The normalized spacial score (nSPS) is 25.1. The topological polar surface area (TPSA) is 37.8 Å². The summed E-state index contributed by atoms with van der Waals surface area (Å²) in [4.78, 5) is 0. The molecule has 2 rings (SSSR count). The average molecular weight is 271 g/mol. The van der Waals surface area contributed by atoms with Crippen molar-refractivity contribution < 1.29 is 0 Å². The second-order valence-corrected chi connectivity index (χ2v) is 7.38. The number of hydrogen-bond donors (Lipinski definition) is 1. The number of nitrogens with one attached hydrogen (secondary N) is 1. The van der Waals surface area contributed by atoms with Crippen LogP contribution >= 0.6 is 23.1 Å². The summed E-state index contributed by atoms with van der Waals surface area (Å²) < 4.78 is 1.10. The number of hydrogen-bond acceptors (Lipinski definition) is 5. The predicted octanol–water partition coefficient (Wildman–Crippen LogP) is 3.11. The molecule has 5 heteroatoms. The van der Waals surface area contributed by atoms with Crippen LogP contribution in [0.3, 0.4) is 0 Å². The van der Waals surface area contributed by atoms with Gasteiger partial charge in [0.1, 0.15) is 5.01 Å². The van der Waals surface area contributed by atoms with Gasteiger partial charge in [-0.15, -0.1) is 10.2 Å². The Labute approximate surface area is 112 Å². The predicted molar refractivity (Wildman–Crippen MR) is 74.8 cm³/mol. The molecule has 0 amide bonds. The van der Waals surface area contributed by atoms with Crippen LogP contribution in [0.4, 0.5) is 0 Å². The minimum Gasteiger partial charge on any atom is -0.313 e. The molecule has 1 aliphatic rings. The SMILES string of the molecule is Cc1nnc(SCCNC2CCCC(C)C2)s1. The third-order valence-electron chi connectivity index (χ3n) is 3.20. The van der Waals surface area contributed by atoms with Gasteiger partial charge in [0.25, 0.3) is 0 Å². The summed E-state index contributed by atoms with van der Waals surface area (Å²) in [5.74, 6) is 2.00. The Morgan fingerprint density at radius 1 is 1.41 bits per heavy atom. The van der Waals surface area contributed by atoms with Crippen LogP contribution in [-0.4, -0.2) is 28.5 Å². The van der Waals surface area contributed by atoms with E-state index in [2.05, 4.69) is 22.4 Å². The molecule has 0 aromatic carbocycles. The van der Waals surface area contributed by atoms with Gasteiger partial charge in [0.2, 0.25) is 0 Å². The zero-order valence-corrected chi connectivity index (χ0v) is 12.2. The molecule has 1 aromatic rings. The van der Waals surface area contributed by atoms with E-state index in [1.54, 1.807) is 11.3 Å². The zero-order valence-electron chi connectivity index (χ0n) is 10.6. The summed E-state index contributed by atoms with van der Waals surface area (Å²) in [6, 6.07) is 0.746. The summed E-state index contributed by atoms with van der Waals surface area (Å²) >= 11 is 3.50. The van der Waals surface area contributed by atoms with E-state index < -0.39 is 0 Å². The smallest absolute Gasteiger partial charge is 0.174 e. The first-order valence-electron chi connectivity index (χ1n) is 6.40. The zero-order chi connectivity index (χ0) is 12.1. The molecule has 0 radical (unpaired) electrons. The van der Waals surface area contributed by atoms with Gasteiger partial charge < -0.3 is 5.32 Å². The maximum absolute atomic E-state index is 4.12. The van der Waals surface area contributed by atoms with Crippen molar-refractivity contribution in [3.63, 3.8) is 0 Å². The molecule has 1 aromatic heterocycles. The van der Waals surface area contributed by atoms with Crippen molar-refractivity contribution in [3.05, 3.63) is 5.01 Å². The standard InChI is InChI=1S/C12H21N3S2/c1-9-4-3-5-11(8-9)13-6-7-16-12-15-14-10(2)17-12/h9,11,13H,3-8H2,1-2H3. The van der Waals surface area contributed by atoms with E-state index in [1.165, 1.54) is 25.7 Å². The van der Waals surface area contributed by atoms with Crippen molar-refractivity contribution in [1.29, 1.82) is 0 Å². The van der Waals surface area contributed by atoms with Crippen molar-refractivity contribution in [1.82, 2.24) is 15.5 Å². The molecule has 0 saturated heterocycles. The maximum atomic E-state index is 4.12. The van der Waals surface area contributed by atoms with E-state index in [9.17, 15) is 0 Å². The molecule has 1 saturated carbocycles. The molecular formula is C12H21N3S2. The van der Waals surface area contributed by atoms with Crippen molar-refractivity contribution in [2.45, 2.75) is 49.9 Å². The molecule has 3 nitrogen and oxygen atoms in total. The Morgan fingerprint density at radius 2 is 2.29 bits per heavy atom. The molecule has 96 valence electrons. The maximum Gasteiger partial charge on any atom is 0.174 e. The highest BCUT2D eigenvalue weighted by Gasteiger charge is 2.17. The first-order chi connectivity index (χ1) is 8.24. The number of rotatable bonds is 5. The Bertz CT molecular complexity index is 340. The Kier molecular flexibility index (Phi) is 5.25. The lowest BCUT2D eigenvalue weighted by molar-refractivity contribution is 0.306. The summed E-state index contributed by atoms with van der Waals surface area (Å²) in [5.41, 5.74) is 0. The van der Waals surface area contributed by atoms with Crippen molar-refractivity contribution in [2.24, 2.45) is 5.92 Å². The van der Waals surface area contributed by atoms with Crippen molar-refractivity contribution >= 4 is 23.1 Å². The molecule has 1 N–H and O–H groups in total. The minimum absolute atomic E-state index is 0.746. The fourth-order valence-corrected chi connectivity index (χ4v) is 4.11. The molecule has 1 aliphatic carbocycles. The molecule has 2 atom stereocenters. The van der Waals surface area contributed by atoms with Gasteiger partial charge in [-0.2, -0.15) is 0 Å². The van der Waals surface area contributed by atoms with Gasteiger partial charge in [-0.25, -0.2) is 0 Å². The third kappa shape index (κ3) is 4.56. The van der Waals surface area contributed by atoms with Crippen LogP contribution in [0, 0.1) is 12.8 Å². The highest BCUT2D eigenvalue weighted by molar-refractivity contribution is 8.01. The van der Waals surface area contributed by atoms with Crippen LogP contribution in [0.2, 0.25) is 0 Å². The van der Waals surface area contributed by atoms with E-state index >= 15 is 0 Å². The molecule has 1 heterocycles. The first kappa shape index (κ1) is 13.3. The summed E-state index contributed by atoms with van der Waals surface area (Å²) in [7, 11) is 0. The lowest BCUT2D eigenvalue weighted by Crippen LogP contribution is -2.34. The highest BCUT2D eigenvalue weighted by atomic mass is 32.2. The molecule has 0 spiro atoms. The first-order valence-corrected chi connectivity index (χ1v) is 8.20. The molecule has 2 unspecified atom stereocenters. The molecule has 0 aliphatic heterocycles. The molecule has 17 heavy (non-hydrogen) atoms. The third-order valence-corrected chi connectivity index (χ3v) is 5.18. The summed E-state index contributed by atoms with van der Waals surface area (Å²) in [6.45, 7) is 5.46. The molecular weight excluding hydrogens is 250 g/mol. The average Bonchev–Trinajstić information content (AvgIpc) is 2.71. The fourth-order valence-electron chi connectivity index (χ4n) is 2.36. The lowest BCUT2D eigenvalue weighted by Gasteiger charge is -2.27. The van der Waals surface area contributed by atoms with Gasteiger partial charge in [-0.3, -0.25) is 0 Å². The Hall–Kier alpha value is -0.130. The van der Waals surface area contributed by atoms with Crippen molar-refractivity contribution in [2.75, 3.05) is 12.3 Å². The second-order valence-electron chi connectivity index (χ2n) is 4.86. The quantitative estimate of drug-likeness (QED) is 0.659. The van der Waals surface area contributed by atoms with Crippen LogP contribution in [-0.2, 0) is 0 Å². The van der Waals surface area contributed by atoms with Crippen molar-refractivity contribution in [3.8, 4) is 0 Å². The van der Waals surface area contributed by atoms with Crippen LogP contribution in [0.5, 0.6) is 0 Å². The number of aromatic nitrogens is 2. The van der Waals surface area contributed by atoms with Gasteiger partial charge in [0, 0.05) is 18.3 Å². The summed E-state index contributed by atoms with van der Waals surface area (Å²) in [6.07, 6.45) is 5.51. The second kappa shape index (κ2) is 6.71. The van der Waals surface area contributed by atoms with Gasteiger partial charge in [0.05, 0.1) is 0 Å². The van der Waals surface area contributed by atoms with Gasteiger partial charge in [0.15, 0.2) is 4.34 Å². The van der Waals surface area contributed by atoms with Crippen LogP contribution in [0.15, 0.2) is 4.34 Å². The van der Waals surface area contributed by atoms with E-state index in [0.717, 1.165) is 33.6 Å². The largest absolute Gasteiger partial charge is 0.313 e. The van der Waals surface area contributed by atoms with E-state index in [1.807, 2.05) is 18.7 Å². The summed E-state index contributed by atoms with van der Waals surface area (Å²) in [5, 5.41) is 12.9. The van der Waals surface area contributed by atoms with Gasteiger partial charge in [-0.1, -0.05) is 42.9 Å². The number of nitrogens with zero attached hydrogens (tertiary/aromatic N) is 2. The number of aryl methyl sites for hydroxylation is 1. The lowest BCUT2D eigenvalue weighted by atomic mass is 9.87. The Balaban J connectivity index is 1.59. The van der Waals surface area contributed by atoms with E-state index in [0.29, 0.717) is 0 Å². The monoisotopic (exact) mass is 271 g/mol. The van der Waals surface area contributed by atoms with E-state index in [4.69, 9.17) is 0 Å². The van der Waals surface area contributed by atoms with E-state index in [-0.39, 0.29) is 0 Å². The van der Waals surface area contributed by atoms with Gasteiger partial charge >= 0.3 is 0 Å². The van der Waals surface area contributed by atoms with Crippen LogP contribution in [0.25, 0.3) is 0 Å². The fraction of sp³-hybridized carbons (Fsp3) is 0.833. The van der Waals surface area contributed by atoms with Gasteiger partial charge in [-0.05, 0) is 25.7 Å². The number of thioether (sulfide) groups is 1. The molecule has 1 fully saturated rings. The highest BCUT2D eigenvalue weighted by Crippen LogP contribution is 2.24. The minimum atomic E-state index is 0.746. The Morgan fingerprint density at radius 3 is 3.00 bits per heavy atom. The molecule has 0 bridgehead atoms.